The van der Waals surface area contributed by atoms with Gasteiger partial charge in [0, 0.05) is 11.6 Å². The highest BCUT2D eigenvalue weighted by Crippen LogP contribution is 2.22. The number of benzene rings is 1. The van der Waals surface area contributed by atoms with Gasteiger partial charge >= 0.3 is 0 Å². The number of aromatic nitrogens is 5. The van der Waals surface area contributed by atoms with E-state index in [0.717, 1.165) is 30.9 Å². The van der Waals surface area contributed by atoms with Crippen LogP contribution in [0, 0.1) is 0 Å². The lowest BCUT2D eigenvalue weighted by molar-refractivity contribution is 0.211. The number of hydrogen-bond donors (Lipinski definition) is 0. The fraction of sp³-hybridized carbons (Fsp3) is 0.375. The molecule has 0 radical (unpaired) electrons. The summed E-state index contributed by atoms with van der Waals surface area (Å²) in [5, 5.41) is 8.32. The number of nitrogens with zero attached hydrogens (tertiary/aromatic N) is 6. The van der Waals surface area contributed by atoms with Crippen molar-refractivity contribution in [2.45, 2.75) is 32.0 Å². The molecule has 1 aliphatic heterocycles. The van der Waals surface area contributed by atoms with Crippen LogP contribution >= 0.6 is 0 Å². The Kier molecular flexibility index (Phi) is 3.85. The molecule has 0 aliphatic carbocycles. The highest BCUT2D eigenvalue weighted by molar-refractivity contribution is 5.51. The summed E-state index contributed by atoms with van der Waals surface area (Å²) >= 11 is 0. The smallest absolute Gasteiger partial charge is 0.257 e. The molecule has 4 rings (SSSR count). The Balaban J connectivity index is 1.44. The molecule has 0 saturated carbocycles. The summed E-state index contributed by atoms with van der Waals surface area (Å²) in [5.41, 5.74) is 0.951. The van der Waals surface area contributed by atoms with Gasteiger partial charge in [-0.05, 0) is 31.5 Å². The van der Waals surface area contributed by atoms with Crippen molar-refractivity contribution in [3.05, 3.63) is 48.8 Å². The molecule has 0 amide bonds. The SMILES string of the molecule is c1ccc(-c2nc(CN3CCC[C@@H]3Cn3cncn3)no2)cc1. The number of likely N-dealkylation sites (tertiary alicyclic amines) is 1. The minimum absolute atomic E-state index is 0.440. The van der Waals surface area contributed by atoms with Crippen molar-refractivity contribution in [3.8, 4) is 11.5 Å². The van der Waals surface area contributed by atoms with E-state index in [9.17, 15) is 0 Å². The van der Waals surface area contributed by atoms with Crippen molar-refractivity contribution in [1.29, 1.82) is 0 Å². The monoisotopic (exact) mass is 310 g/mol. The minimum atomic E-state index is 0.440. The summed E-state index contributed by atoms with van der Waals surface area (Å²) in [4.78, 5) is 10.9. The molecule has 1 aliphatic rings. The predicted molar refractivity (Wildman–Crippen MR) is 83.2 cm³/mol. The highest BCUT2D eigenvalue weighted by Gasteiger charge is 2.26. The average Bonchev–Trinajstić information content (AvgIpc) is 3.33. The first kappa shape index (κ1) is 14.1. The molecule has 0 spiro atoms. The van der Waals surface area contributed by atoms with Crippen LogP contribution in [0.15, 0.2) is 47.5 Å². The van der Waals surface area contributed by atoms with Gasteiger partial charge in [-0.3, -0.25) is 9.58 Å². The fourth-order valence-electron chi connectivity index (χ4n) is 3.05. The van der Waals surface area contributed by atoms with Crippen molar-refractivity contribution >= 4 is 0 Å². The first-order valence-corrected chi connectivity index (χ1v) is 7.83. The Morgan fingerprint density at radius 1 is 1.22 bits per heavy atom. The third-order valence-electron chi connectivity index (χ3n) is 4.20. The van der Waals surface area contributed by atoms with E-state index in [4.69, 9.17) is 4.52 Å². The Bertz CT molecular complexity index is 739. The van der Waals surface area contributed by atoms with E-state index in [2.05, 4.69) is 25.1 Å². The fourth-order valence-corrected chi connectivity index (χ4v) is 3.05. The van der Waals surface area contributed by atoms with E-state index in [1.807, 2.05) is 35.0 Å². The summed E-state index contributed by atoms with van der Waals surface area (Å²) < 4.78 is 7.27. The van der Waals surface area contributed by atoms with Gasteiger partial charge in [0.25, 0.3) is 5.89 Å². The lowest BCUT2D eigenvalue weighted by atomic mass is 10.2. The van der Waals surface area contributed by atoms with Crippen LogP contribution in [0.3, 0.4) is 0 Å². The molecule has 7 nitrogen and oxygen atoms in total. The summed E-state index contributed by atoms with van der Waals surface area (Å²) in [6.07, 6.45) is 5.68. The van der Waals surface area contributed by atoms with Gasteiger partial charge < -0.3 is 4.52 Å². The topological polar surface area (TPSA) is 72.9 Å². The third-order valence-corrected chi connectivity index (χ3v) is 4.20. The standard InChI is InChI=1S/C16H18N6O/c1-2-5-13(6-3-1)16-19-15(20-23-16)10-21-8-4-7-14(21)9-22-12-17-11-18-22/h1-3,5-6,11-12,14H,4,7-10H2/t14-/m1/s1. The van der Waals surface area contributed by atoms with Gasteiger partial charge in [0.1, 0.15) is 12.7 Å². The molecule has 23 heavy (non-hydrogen) atoms. The van der Waals surface area contributed by atoms with Crippen molar-refractivity contribution in [2.24, 2.45) is 0 Å². The second-order valence-corrected chi connectivity index (χ2v) is 5.77. The maximum Gasteiger partial charge on any atom is 0.257 e. The molecule has 0 bridgehead atoms. The van der Waals surface area contributed by atoms with Crippen LogP contribution in [0.5, 0.6) is 0 Å². The molecule has 0 unspecified atom stereocenters. The Morgan fingerprint density at radius 2 is 2.13 bits per heavy atom. The normalized spacial score (nSPS) is 18.5. The Labute approximate surface area is 134 Å². The van der Waals surface area contributed by atoms with E-state index in [1.54, 1.807) is 12.7 Å². The molecule has 7 heteroatoms. The zero-order valence-corrected chi connectivity index (χ0v) is 12.7. The summed E-state index contributed by atoms with van der Waals surface area (Å²) in [6, 6.07) is 10.3. The van der Waals surface area contributed by atoms with Gasteiger partial charge in [-0.25, -0.2) is 4.98 Å². The van der Waals surface area contributed by atoms with Crippen LogP contribution in [-0.4, -0.2) is 42.4 Å². The zero-order chi connectivity index (χ0) is 15.5. The van der Waals surface area contributed by atoms with E-state index in [-0.39, 0.29) is 0 Å². The van der Waals surface area contributed by atoms with Crippen molar-refractivity contribution in [3.63, 3.8) is 0 Å². The lowest BCUT2D eigenvalue weighted by Crippen LogP contribution is -2.33. The minimum Gasteiger partial charge on any atom is -0.334 e. The molecular formula is C16H18N6O. The van der Waals surface area contributed by atoms with Crippen LogP contribution in [0.25, 0.3) is 11.5 Å². The molecule has 1 aromatic carbocycles. The molecular weight excluding hydrogens is 292 g/mol. The molecule has 1 fully saturated rings. The van der Waals surface area contributed by atoms with Gasteiger partial charge in [-0.15, -0.1) is 0 Å². The van der Waals surface area contributed by atoms with Gasteiger partial charge in [0.05, 0.1) is 13.1 Å². The van der Waals surface area contributed by atoms with Gasteiger partial charge in [0.2, 0.25) is 0 Å². The van der Waals surface area contributed by atoms with Crippen LogP contribution in [-0.2, 0) is 13.1 Å². The largest absolute Gasteiger partial charge is 0.334 e. The summed E-state index contributed by atoms with van der Waals surface area (Å²) in [5.74, 6) is 1.31. The molecule has 1 atom stereocenters. The second kappa shape index (κ2) is 6.29. The molecule has 1 saturated heterocycles. The summed E-state index contributed by atoms with van der Waals surface area (Å²) in [7, 11) is 0. The van der Waals surface area contributed by atoms with Crippen molar-refractivity contribution in [2.75, 3.05) is 6.54 Å². The van der Waals surface area contributed by atoms with E-state index in [0.29, 0.717) is 18.5 Å². The second-order valence-electron chi connectivity index (χ2n) is 5.77. The van der Waals surface area contributed by atoms with Crippen LogP contribution < -0.4 is 0 Å². The van der Waals surface area contributed by atoms with E-state index >= 15 is 0 Å². The maximum absolute atomic E-state index is 5.39. The molecule has 2 aromatic heterocycles. The highest BCUT2D eigenvalue weighted by atomic mass is 16.5. The lowest BCUT2D eigenvalue weighted by Gasteiger charge is -2.22. The maximum atomic E-state index is 5.39. The van der Waals surface area contributed by atoms with Gasteiger partial charge in [-0.1, -0.05) is 23.4 Å². The number of hydrogen-bond acceptors (Lipinski definition) is 6. The quantitative estimate of drug-likeness (QED) is 0.717. The summed E-state index contributed by atoms with van der Waals surface area (Å²) in [6.45, 7) is 2.60. The van der Waals surface area contributed by atoms with Crippen LogP contribution in [0.4, 0.5) is 0 Å². The van der Waals surface area contributed by atoms with Crippen molar-refractivity contribution in [1.82, 2.24) is 29.8 Å². The van der Waals surface area contributed by atoms with Crippen LogP contribution in [0.2, 0.25) is 0 Å². The van der Waals surface area contributed by atoms with E-state index in [1.165, 1.54) is 6.42 Å². The van der Waals surface area contributed by atoms with Gasteiger partial charge in [0.15, 0.2) is 5.82 Å². The van der Waals surface area contributed by atoms with Crippen molar-refractivity contribution < 1.29 is 4.52 Å². The van der Waals surface area contributed by atoms with E-state index < -0.39 is 0 Å². The first-order valence-electron chi connectivity index (χ1n) is 7.83. The average molecular weight is 310 g/mol. The Morgan fingerprint density at radius 3 is 2.96 bits per heavy atom. The number of rotatable bonds is 5. The first-order chi connectivity index (χ1) is 11.4. The van der Waals surface area contributed by atoms with Crippen LogP contribution in [0.1, 0.15) is 18.7 Å². The van der Waals surface area contributed by atoms with Gasteiger partial charge in [-0.2, -0.15) is 10.1 Å². The molecule has 3 aromatic rings. The Hall–Kier alpha value is -2.54. The molecule has 3 heterocycles. The zero-order valence-electron chi connectivity index (χ0n) is 12.7. The predicted octanol–water partition coefficient (Wildman–Crippen LogP) is 1.99. The third kappa shape index (κ3) is 3.14. The molecule has 0 N–H and O–H groups in total. The molecule has 118 valence electrons.